The van der Waals surface area contributed by atoms with E-state index in [9.17, 15) is 19.8 Å². The first-order valence-electron chi connectivity index (χ1n) is 3.00. The van der Waals surface area contributed by atoms with Crippen molar-refractivity contribution in [3.05, 3.63) is 29.6 Å². The van der Waals surface area contributed by atoms with Crippen molar-refractivity contribution in [3.8, 4) is 0 Å². The van der Waals surface area contributed by atoms with E-state index in [4.69, 9.17) is 0 Å². The van der Waals surface area contributed by atoms with Crippen LogP contribution in [0.25, 0.3) is 0 Å². The minimum Gasteiger partial charge on any atom is -0.545 e. The van der Waals surface area contributed by atoms with Gasteiger partial charge in [-0.05, 0) is 12.1 Å². The molecule has 0 radical (unpaired) electrons. The average molecular weight is 253 g/mol. The van der Waals surface area contributed by atoms with Gasteiger partial charge < -0.3 is 19.8 Å². The van der Waals surface area contributed by atoms with Gasteiger partial charge in [-0.15, -0.1) is 0 Å². The zero-order chi connectivity index (χ0) is 9.14. The normalized spacial score (nSPS) is 8.62. The van der Waals surface area contributed by atoms with Crippen molar-refractivity contribution < 1.29 is 19.8 Å². The van der Waals surface area contributed by atoms with Crippen molar-refractivity contribution >= 4 is 57.4 Å². The first-order valence-corrected chi connectivity index (χ1v) is 3.00. The summed E-state index contributed by atoms with van der Waals surface area (Å²) < 4.78 is 0. The van der Waals surface area contributed by atoms with E-state index in [0.717, 1.165) is 12.3 Å². The van der Waals surface area contributed by atoms with Crippen LogP contribution < -0.4 is 10.2 Å². The molecule has 1 aromatic rings. The van der Waals surface area contributed by atoms with Gasteiger partial charge in [0.25, 0.3) is 0 Å². The topological polar surface area (TPSA) is 93.2 Å². The van der Waals surface area contributed by atoms with Crippen LogP contribution in [0, 0.1) is 0 Å². The van der Waals surface area contributed by atoms with Gasteiger partial charge in [-0.2, -0.15) is 0 Å². The molecular formula is C7H3NO4Sr. The number of carboxylic acid groups (broad SMARTS) is 2. The van der Waals surface area contributed by atoms with Crippen LogP contribution in [0.3, 0.4) is 0 Å². The van der Waals surface area contributed by atoms with Crippen LogP contribution in [-0.4, -0.2) is 62.4 Å². The molecule has 0 N–H and O–H groups in total. The summed E-state index contributed by atoms with van der Waals surface area (Å²) in [5.41, 5.74) is -1.09. The Kier molecular flexibility index (Phi) is 5.16. The van der Waals surface area contributed by atoms with Crippen molar-refractivity contribution in [2.24, 2.45) is 0 Å². The number of carboxylic acids is 2. The molecule has 0 spiro atoms. The molecule has 0 aliphatic carbocycles. The molecule has 1 rings (SSSR count). The Bertz CT molecular complexity index is 306. The predicted molar refractivity (Wildman–Crippen MR) is 38.7 cm³/mol. The van der Waals surface area contributed by atoms with Crippen molar-refractivity contribution in [1.82, 2.24) is 4.98 Å². The molecule has 0 unspecified atom stereocenters. The number of aromatic carboxylic acids is 2. The maximum absolute atomic E-state index is 10.3. The smallest absolute Gasteiger partial charge is 0.545 e. The van der Waals surface area contributed by atoms with Crippen LogP contribution in [0.2, 0.25) is 0 Å². The summed E-state index contributed by atoms with van der Waals surface area (Å²) in [6.45, 7) is 0. The third-order valence-corrected chi connectivity index (χ3v) is 1.22. The fourth-order valence-electron chi connectivity index (χ4n) is 0.733. The molecule has 0 atom stereocenters. The molecular weight excluding hydrogens is 250 g/mol. The van der Waals surface area contributed by atoms with Gasteiger partial charge in [0, 0.05) is 11.8 Å². The quantitative estimate of drug-likeness (QED) is 0.540. The van der Waals surface area contributed by atoms with E-state index >= 15 is 0 Å². The molecule has 62 valence electrons. The molecule has 0 amide bonds. The third kappa shape index (κ3) is 3.07. The Morgan fingerprint density at radius 1 is 1.23 bits per heavy atom. The van der Waals surface area contributed by atoms with E-state index in [-0.39, 0.29) is 45.5 Å². The summed E-state index contributed by atoms with van der Waals surface area (Å²) in [6.07, 6.45) is 1.16. The summed E-state index contributed by atoms with van der Waals surface area (Å²) in [5.74, 6) is -3.21. The van der Waals surface area contributed by atoms with E-state index < -0.39 is 23.2 Å². The SMILES string of the molecule is O=C([O-])c1cccnc1C(=O)[O-].[Sr+2]. The Balaban J connectivity index is 0.00000144. The molecule has 0 saturated heterocycles. The van der Waals surface area contributed by atoms with Crippen molar-refractivity contribution in [2.45, 2.75) is 0 Å². The zero-order valence-corrected chi connectivity index (χ0v) is 10.00. The summed E-state index contributed by atoms with van der Waals surface area (Å²) in [5, 5.41) is 20.5. The summed E-state index contributed by atoms with van der Waals surface area (Å²) >= 11 is 0. The molecule has 13 heavy (non-hydrogen) atoms. The van der Waals surface area contributed by atoms with Crippen LogP contribution in [-0.2, 0) is 0 Å². The maximum Gasteiger partial charge on any atom is 2.00 e. The van der Waals surface area contributed by atoms with E-state index in [1.54, 1.807) is 0 Å². The molecule has 1 aromatic heterocycles. The fraction of sp³-hybridized carbons (Fsp3) is 0. The number of nitrogens with zero attached hydrogens (tertiary/aromatic N) is 1. The van der Waals surface area contributed by atoms with Gasteiger partial charge in [0.05, 0.1) is 17.6 Å². The van der Waals surface area contributed by atoms with Gasteiger partial charge in [0.1, 0.15) is 0 Å². The van der Waals surface area contributed by atoms with Gasteiger partial charge >= 0.3 is 45.5 Å². The van der Waals surface area contributed by atoms with Gasteiger partial charge in [-0.25, -0.2) is 0 Å². The molecule has 0 bridgehead atoms. The number of hydrogen-bond acceptors (Lipinski definition) is 5. The predicted octanol–water partition coefficient (Wildman–Crippen LogP) is -2.57. The number of hydrogen-bond donors (Lipinski definition) is 0. The standard InChI is InChI=1S/C7H5NO4.Sr/c9-6(10)4-2-1-3-8-5(4)7(11)12;/h1-3H,(H,9,10)(H,11,12);/q;+2/p-2. The van der Waals surface area contributed by atoms with Gasteiger partial charge in [-0.1, -0.05) is 0 Å². The summed E-state index contributed by atoms with van der Waals surface area (Å²) in [6, 6.07) is 2.39. The Hall–Kier alpha value is -0.429. The molecule has 0 aromatic carbocycles. The maximum atomic E-state index is 10.3. The molecule has 1 heterocycles. The van der Waals surface area contributed by atoms with E-state index in [2.05, 4.69) is 4.98 Å². The first kappa shape index (κ1) is 12.6. The molecule has 6 heteroatoms. The average Bonchev–Trinajstić information content (AvgIpc) is 2.04. The van der Waals surface area contributed by atoms with Crippen LogP contribution in [0.4, 0.5) is 0 Å². The zero-order valence-electron chi connectivity index (χ0n) is 6.52. The Morgan fingerprint density at radius 3 is 2.23 bits per heavy atom. The monoisotopic (exact) mass is 253 g/mol. The van der Waals surface area contributed by atoms with E-state index in [1.165, 1.54) is 6.07 Å². The first-order chi connectivity index (χ1) is 5.63. The van der Waals surface area contributed by atoms with Crippen molar-refractivity contribution in [3.63, 3.8) is 0 Å². The number of aromatic nitrogens is 1. The summed E-state index contributed by atoms with van der Waals surface area (Å²) in [4.78, 5) is 23.9. The number of carbonyl (C=O) groups excluding carboxylic acids is 2. The molecule has 5 nitrogen and oxygen atoms in total. The molecule has 0 fully saturated rings. The van der Waals surface area contributed by atoms with Gasteiger partial charge in [0.15, 0.2) is 0 Å². The minimum atomic E-state index is -1.63. The summed E-state index contributed by atoms with van der Waals surface area (Å²) in [7, 11) is 0. The number of carbonyl (C=O) groups is 2. The second kappa shape index (κ2) is 5.33. The van der Waals surface area contributed by atoms with Crippen LogP contribution in [0.15, 0.2) is 18.3 Å². The van der Waals surface area contributed by atoms with Crippen molar-refractivity contribution in [2.75, 3.05) is 0 Å². The molecule has 0 aliphatic rings. The number of rotatable bonds is 2. The fourth-order valence-corrected chi connectivity index (χ4v) is 0.733. The van der Waals surface area contributed by atoms with Crippen molar-refractivity contribution in [1.29, 1.82) is 0 Å². The van der Waals surface area contributed by atoms with E-state index in [1.807, 2.05) is 0 Å². The molecule has 0 aliphatic heterocycles. The van der Waals surface area contributed by atoms with E-state index in [0.29, 0.717) is 0 Å². The minimum absolute atomic E-state index is 0. The number of pyridine rings is 1. The Morgan fingerprint density at radius 2 is 1.85 bits per heavy atom. The molecule has 0 saturated carbocycles. The third-order valence-electron chi connectivity index (χ3n) is 1.22. The largest absolute Gasteiger partial charge is 2.00 e. The van der Waals surface area contributed by atoms with Gasteiger partial charge in [0.2, 0.25) is 0 Å². The van der Waals surface area contributed by atoms with Gasteiger partial charge in [-0.3, -0.25) is 4.98 Å². The van der Waals surface area contributed by atoms with Crippen LogP contribution >= 0.6 is 0 Å². The second-order valence-electron chi connectivity index (χ2n) is 1.97. The Labute approximate surface area is 111 Å². The van der Waals surface area contributed by atoms with Crippen LogP contribution in [0.1, 0.15) is 20.8 Å². The second-order valence-corrected chi connectivity index (χ2v) is 1.97. The van der Waals surface area contributed by atoms with Crippen LogP contribution in [0.5, 0.6) is 0 Å².